The average Bonchev–Trinajstić information content (AvgIpc) is 2.28. The Bertz CT molecular complexity index is 399. The SMILES string of the molecule is CN=C(NCCNS(C)(=O)=O)NC(C)CCC(C)(C)C. The van der Waals surface area contributed by atoms with E-state index < -0.39 is 10.0 Å². The maximum Gasteiger partial charge on any atom is 0.208 e. The van der Waals surface area contributed by atoms with Crippen LogP contribution >= 0.6 is 0 Å². The lowest BCUT2D eigenvalue weighted by Gasteiger charge is -2.23. The predicted octanol–water partition coefficient (Wildman–Crippen LogP) is 0.915. The Labute approximate surface area is 123 Å². The molecule has 20 heavy (non-hydrogen) atoms. The highest BCUT2D eigenvalue weighted by Gasteiger charge is 2.13. The molecule has 1 unspecified atom stereocenters. The van der Waals surface area contributed by atoms with Crippen molar-refractivity contribution in [1.29, 1.82) is 0 Å². The van der Waals surface area contributed by atoms with Gasteiger partial charge in [-0.2, -0.15) is 0 Å². The number of hydrogen-bond donors (Lipinski definition) is 3. The van der Waals surface area contributed by atoms with Gasteiger partial charge >= 0.3 is 0 Å². The van der Waals surface area contributed by atoms with Crippen LogP contribution in [0.2, 0.25) is 0 Å². The Morgan fingerprint density at radius 2 is 1.85 bits per heavy atom. The summed E-state index contributed by atoms with van der Waals surface area (Å²) in [5.41, 5.74) is 0.326. The molecule has 120 valence electrons. The van der Waals surface area contributed by atoms with Crippen molar-refractivity contribution in [2.45, 2.75) is 46.6 Å². The highest BCUT2D eigenvalue weighted by molar-refractivity contribution is 7.88. The highest BCUT2D eigenvalue weighted by atomic mass is 32.2. The van der Waals surface area contributed by atoms with Crippen LogP contribution in [0.4, 0.5) is 0 Å². The first-order valence-electron chi connectivity index (χ1n) is 6.95. The lowest BCUT2D eigenvalue weighted by Crippen LogP contribution is -2.44. The smallest absolute Gasteiger partial charge is 0.208 e. The second kappa shape index (κ2) is 8.46. The Kier molecular flexibility index (Phi) is 8.12. The van der Waals surface area contributed by atoms with Crippen LogP contribution in [-0.4, -0.2) is 46.8 Å². The fourth-order valence-electron chi connectivity index (χ4n) is 1.57. The van der Waals surface area contributed by atoms with Crippen molar-refractivity contribution in [1.82, 2.24) is 15.4 Å². The number of sulfonamides is 1. The average molecular weight is 306 g/mol. The van der Waals surface area contributed by atoms with Crippen LogP contribution < -0.4 is 15.4 Å². The zero-order valence-corrected chi connectivity index (χ0v) is 14.4. The third-order valence-electron chi connectivity index (χ3n) is 2.72. The molecule has 0 radical (unpaired) electrons. The van der Waals surface area contributed by atoms with E-state index in [1.807, 2.05) is 0 Å². The third-order valence-corrected chi connectivity index (χ3v) is 3.44. The van der Waals surface area contributed by atoms with Gasteiger partial charge in [0.15, 0.2) is 5.96 Å². The molecule has 0 heterocycles. The number of nitrogens with one attached hydrogen (secondary N) is 3. The first-order chi connectivity index (χ1) is 9.03. The molecule has 0 aliphatic heterocycles. The number of rotatable bonds is 7. The first-order valence-corrected chi connectivity index (χ1v) is 8.84. The summed E-state index contributed by atoms with van der Waals surface area (Å²) in [6.07, 6.45) is 3.34. The van der Waals surface area contributed by atoms with Crippen molar-refractivity contribution in [2.75, 3.05) is 26.4 Å². The Morgan fingerprint density at radius 3 is 2.30 bits per heavy atom. The molecule has 3 N–H and O–H groups in total. The normalized spacial score (nSPS) is 15.0. The van der Waals surface area contributed by atoms with Crippen LogP contribution in [0.5, 0.6) is 0 Å². The van der Waals surface area contributed by atoms with Gasteiger partial charge in [0.2, 0.25) is 10.0 Å². The second-order valence-electron chi connectivity index (χ2n) is 6.31. The summed E-state index contributed by atoms with van der Waals surface area (Å²) in [6, 6.07) is 0.322. The molecule has 0 aromatic carbocycles. The van der Waals surface area contributed by atoms with Crippen molar-refractivity contribution in [3.63, 3.8) is 0 Å². The maximum atomic E-state index is 10.9. The molecule has 0 rings (SSSR count). The minimum absolute atomic E-state index is 0.322. The largest absolute Gasteiger partial charge is 0.355 e. The van der Waals surface area contributed by atoms with E-state index in [1.165, 1.54) is 0 Å². The van der Waals surface area contributed by atoms with Crippen molar-refractivity contribution < 1.29 is 8.42 Å². The van der Waals surface area contributed by atoms with Gasteiger partial charge in [0.05, 0.1) is 6.26 Å². The predicted molar refractivity (Wildman–Crippen MR) is 85.5 cm³/mol. The molecular weight excluding hydrogens is 276 g/mol. The van der Waals surface area contributed by atoms with E-state index >= 15 is 0 Å². The summed E-state index contributed by atoms with van der Waals surface area (Å²) in [4.78, 5) is 4.12. The van der Waals surface area contributed by atoms with Gasteiger partial charge in [-0.15, -0.1) is 0 Å². The Hall–Kier alpha value is -0.820. The van der Waals surface area contributed by atoms with Crippen LogP contribution in [0.3, 0.4) is 0 Å². The van der Waals surface area contributed by atoms with Crippen molar-refractivity contribution in [3.05, 3.63) is 0 Å². The third kappa shape index (κ3) is 12.2. The standard InChI is InChI=1S/C13H30N4O2S/c1-11(7-8-13(2,3)4)17-12(14-5)15-9-10-16-20(6,18)19/h11,16H,7-10H2,1-6H3,(H2,14,15,17). The molecule has 0 aliphatic carbocycles. The fourth-order valence-corrected chi connectivity index (χ4v) is 2.04. The van der Waals surface area contributed by atoms with Gasteiger partial charge in [-0.05, 0) is 25.2 Å². The molecule has 7 heteroatoms. The monoisotopic (exact) mass is 306 g/mol. The zero-order chi connectivity index (χ0) is 15.8. The van der Waals surface area contributed by atoms with Crippen molar-refractivity contribution in [2.24, 2.45) is 10.4 Å². The number of hydrogen-bond acceptors (Lipinski definition) is 3. The Morgan fingerprint density at radius 1 is 1.25 bits per heavy atom. The summed E-state index contributed by atoms with van der Waals surface area (Å²) in [6.45, 7) is 9.64. The van der Waals surface area contributed by atoms with Gasteiger partial charge in [0.1, 0.15) is 0 Å². The lowest BCUT2D eigenvalue weighted by atomic mass is 9.89. The van der Waals surface area contributed by atoms with Crippen LogP contribution in [0.1, 0.15) is 40.5 Å². The van der Waals surface area contributed by atoms with E-state index in [2.05, 4.69) is 48.0 Å². The summed E-state index contributed by atoms with van der Waals surface area (Å²) in [5.74, 6) is 0.696. The van der Waals surface area contributed by atoms with Crippen molar-refractivity contribution in [3.8, 4) is 0 Å². The van der Waals surface area contributed by atoms with E-state index in [-0.39, 0.29) is 0 Å². The molecule has 0 fully saturated rings. The molecule has 0 aromatic heterocycles. The minimum atomic E-state index is -3.13. The molecule has 0 saturated heterocycles. The molecular formula is C13H30N4O2S. The molecule has 0 aliphatic rings. The van der Waals surface area contributed by atoms with Gasteiger partial charge in [0.25, 0.3) is 0 Å². The van der Waals surface area contributed by atoms with Crippen LogP contribution in [0, 0.1) is 5.41 Å². The first kappa shape index (κ1) is 19.2. The summed E-state index contributed by atoms with van der Waals surface area (Å²) >= 11 is 0. The van der Waals surface area contributed by atoms with E-state index in [4.69, 9.17) is 0 Å². The molecule has 0 aromatic rings. The molecule has 0 bridgehead atoms. The molecule has 0 spiro atoms. The lowest BCUT2D eigenvalue weighted by molar-refractivity contribution is 0.346. The van der Waals surface area contributed by atoms with E-state index in [0.29, 0.717) is 30.5 Å². The zero-order valence-electron chi connectivity index (χ0n) is 13.6. The quantitative estimate of drug-likeness (QED) is 0.371. The molecule has 0 saturated carbocycles. The number of aliphatic imine (C=N–C) groups is 1. The number of guanidine groups is 1. The fraction of sp³-hybridized carbons (Fsp3) is 0.923. The van der Waals surface area contributed by atoms with Crippen molar-refractivity contribution >= 4 is 16.0 Å². The summed E-state index contributed by atoms with van der Waals surface area (Å²) in [5, 5.41) is 6.38. The number of nitrogens with zero attached hydrogens (tertiary/aromatic N) is 1. The maximum absolute atomic E-state index is 10.9. The topological polar surface area (TPSA) is 82.6 Å². The molecule has 6 nitrogen and oxygen atoms in total. The van der Waals surface area contributed by atoms with Crippen LogP contribution in [0.25, 0.3) is 0 Å². The Balaban J connectivity index is 3.98. The van der Waals surface area contributed by atoms with Gasteiger partial charge < -0.3 is 10.6 Å². The molecule has 1 atom stereocenters. The van der Waals surface area contributed by atoms with Crippen LogP contribution in [0.15, 0.2) is 4.99 Å². The highest BCUT2D eigenvalue weighted by Crippen LogP contribution is 2.21. The van der Waals surface area contributed by atoms with Gasteiger partial charge in [-0.25, -0.2) is 13.1 Å². The summed E-state index contributed by atoms with van der Waals surface area (Å²) in [7, 11) is -1.42. The van der Waals surface area contributed by atoms with Gasteiger partial charge in [-0.1, -0.05) is 20.8 Å². The van der Waals surface area contributed by atoms with E-state index in [0.717, 1.165) is 19.1 Å². The van der Waals surface area contributed by atoms with E-state index in [1.54, 1.807) is 7.05 Å². The summed E-state index contributed by atoms with van der Waals surface area (Å²) < 4.78 is 24.3. The van der Waals surface area contributed by atoms with E-state index in [9.17, 15) is 8.42 Å². The second-order valence-corrected chi connectivity index (χ2v) is 8.14. The van der Waals surface area contributed by atoms with Gasteiger partial charge in [-0.3, -0.25) is 4.99 Å². The van der Waals surface area contributed by atoms with Crippen LogP contribution in [-0.2, 0) is 10.0 Å². The minimum Gasteiger partial charge on any atom is -0.355 e. The molecule has 0 amide bonds. The van der Waals surface area contributed by atoms with Gasteiger partial charge in [0, 0.05) is 26.2 Å².